The molecular weight excluding hydrogens is 272 g/mol. The third-order valence-corrected chi connectivity index (χ3v) is 3.70. The molecular formula is C15H21ClN4. The molecule has 0 bridgehead atoms. The van der Waals surface area contributed by atoms with Crippen molar-refractivity contribution in [2.75, 3.05) is 6.54 Å². The maximum atomic E-state index is 6.34. The fourth-order valence-corrected chi connectivity index (χ4v) is 2.42. The number of H-pyrrole nitrogens is 1. The molecule has 2 rings (SSSR count). The Bertz CT molecular complexity index is 616. The minimum Gasteiger partial charge on any atom is -0.403 e. The highest BCUT2D eigenvalue weighted by atomic mass is 35.5. The first kappa shape index (κ1) is 14.8. The Morgan fingerprint density at radius 2 is 2.10 bits per heavy atom. The highest BCUT2D eigenvalue weighted by Gasteiger charge is 2.08. The van der Waals surface area contributed by atoms with Gasteiger partial charge in [-0.3, -0.25) is 0 Å². The number of hydrogen-bond donors (Lipinski definition) is 3. The van der Waals surface area contributed by atoms with Gasteiger partial charge in [-0.25, -0.2) is 5.84 Å². The summed E-state index contributed by atoms with van der Waals surface area (Å²) < 4.78 is 0. The fraction of sp³-hybridized carbons (Fsp3) is 0.333. The molecule has 0 radical (unpaired) electrons. The van der Waals surface area contributed by atoms with Crippen LogP contribution in [0, 0.1) is 0 Å². The van der Waals surface area contributed by atoms with Crippen LogP contribution in [0.3, 0.4) is 0 Å². The average molecular weight is 293 g/mol. The van der Waals surface area contributed by atoms with E-state index in [4.69, 9.17) is 23.2 Å². The van der Waals surface area contributed by atoms with E-state index in [-0.39, 0.29) is 0 Å². The number of hydrogen-bond acceptors (Lipinski definition) is 3. The molecule has 0 spiro atoms. The van der Waals surface area contributed by atoms with Crippen LogP contribution in [0.2, 0.25) is 5.02 Å². The van der Waals surface area contributed by atoms with Crippen molar-refractivity contribution in [1.82, 2.24) is 9.99 Å². The quantitative estimate of drug-likeness (QED) is 0.586. The molecule has 5 heteroatoms. The number of nitrogens with one attached hydrogen (secondary N) is 1. The normalized spacial score (nSPS) is 11.8. The van der Waals surface area contributed by atoms with Crippen molar-refractivity contribution in [2.24, 2.45) is 11.6 Å². The summed E-state index contributed by atoms with van der Waals surface area (Å²) in [5, 5.41) is 3.47. The van der Waals surface area contributed by atoms with Crippen molar-refractivity contribution in [3.63, 3.8) is 0 Å². The number of aromatic nitrogens is 1. The Hall–Kier alpha value is -1.65. The van der Waals surface area contributed by atoms with Gasteiger partial charge in [0.25, 0.3) is 0 Å². The van der Waals surface area contributed by atoms with Crippen LogP contribution in [0.4, 0.5) is 0 Å². The summed E-state index contributed by atoms with van der Waals surface area (Å²) in [6.45, 7) is 4.99. The van der Waals surface area contributed by atoms with Gasteiger partial charge in [-0.05, 0) is 36.1 Å². The zero-order chi connectivity index (χ0) is 14.7. The first-order valence-electron chi connectivity index (χ1n) is 6.72. The van der Waals surface area contributed by atoms with E-state index < -0.39 is 0 Å². The van der Waals surface area contributed by atoms with E-state index in [1.54, 1.807) is 11.2 Å². The Balaban J connectivity index is 2.23. The molecule has 2 aromatic rings. The second-order valence-electron chi connectivity index (χ2n) is 5.24. The van der Waals surface area contributed by atoms with Crippen LogP contribution in [0.25, 0.3) is 10.9 Å². The Labute approximate surface area is 124 Å². The van der Waals surface area contributed by atoms with Crippen LogP contribution in [-0.4, -0.2) is 16.5 Å². The summed E-state index contributed by atoms with van der Waals surface area (Å²) in [5.41, 5.74) is 8.72. The van der Waals surface area contributed by atoms with Gasteiger partial charge in [0.2, 0.25) is 0 Å². The highest BCUT2D eigenvalue weighted by molar-refractivity contribution is 6.32. The van der Waals surface area contributed by atoms with Gasteiger partial charge >= 0.3 is 0 Å². The maximum absolute atomic E-state index is 6.34. The maximum Gasteiger partial charge on any atom is 0.0459 e. The summed E-state index contributed by atoms with van der Waals surface area (Å²) in [6.07, 6.45) is 3.83. The van der Waals surface area contributed by atoms with Gasteiger partial charge in [-0.2, -0.15) is 0 Å². The zero-order valence-electron chi connectivity index (χ0n) is 11.9. The fourth-order valence-electron chi connectivity index (χ4n) is 2.16. The molecule has 0 atom stereocenters. The number of hydrazine groups is 1. The van der Waals surface area contributed by atoms with E-state index in [9.17, 15) is 0 Å². The van der Waals surface area contributed by atoms with Crippen molar-refractivity contribution < 1.29 is 0 Å². The van der Waals surface area contributed by atoms with Gasteiger partial charge in [0, 0.05) is 40.6 Å². The molecule has 20 heavy (non-hydrogen) atoms. The standard InChI is InChI=1S/C15H21ClN4/c1-10(2)14-9-12-7-13(16)11(8-15(12)19-14)3-5-20(18)6-4-17/h4,6-10,19H,3,5,17-18H2,1-2H3/b6-4-. The Morgan fingerprint density at radius 1 is 1.35 bits per heavy atom. The van der Waals surface area contributed by atoms with Crippen molar-refractivity contribution >= 4 is 22.5 Å². The average Bonchev–Trinajstić information content (AvgIpc) is 2.79. The lowest BCUT2D eigenvalue weighted by molar-refractivity contribution is 0.397. The van der Waals surface area contributed by atoms with E-state index in [1.165, 1.54) is 11.9 Å². The molecule has 0 amide bonds. The first-order valence-corrected chi connectivity index (χ1v) is 7.10. The molecule has 0 saturated heterocycles. The molecule has 4 nitrogen and oxygen atoms in total. The van der Waals surface area contributed by atoms with Gasteiger partial charge in [0.1, 0.15) is 0 Å². The number of rotatable bonds is 5. The molecule has 108 valence electrons. The zero-order valence-corrected chi connectivity index (χ0v) is 12.6. The van der Waals surface area contributed by atoms with Gasteiger partial charge in [0.05, 0.1) is 0 Å². The molecule has 5 N–H and O–H groups in total. The highest BCUT2D eigenvalue weighted by Crippen LogP contribution is 2.27. The predicted octanol–water partition coefficient (Wildman–Crippen LogP) is 3.09. The number of benzene rings is 1. The summed E-state index contributed by atoms with van der Waals surface area (Å²) in [7, 11) is 0. The van der Waals surface area contributed by atoms with Crippen molar-refractivity contribution in [3.05, 3.63) is 46.9 Å². The minimum absolute atomic E-state index is 0.471. The van der Waals surface area contributed by atoms with Crippen LogP contribution < -0.4 is 11.6 Å². The molecule has 0 saturated carbocycles. The summed E-state index contributed by atoms with van der Waals surface area (Å²) in [6, 6.07) is 6.26. The number of nitrogens with two attached hydrogens (primary N) is 2. The van der Waals surface area contributed by atoms with E-state index in [2.05, 4.69) is 31.0 Å². The SMILES string of the molecule is CC(C)c1cc2cc(Cl)c(CCN(N)/C=C\N)cc2[nH]1. The van der Waals surface area contributed by atoms with Crippen molar-refractivity contribution in [1.29, 1.82) is 0 Å². The smallest absolute Gasteiger partial charge is 0.0459 e. The van der Waals surface area contributed by atoms with Crippen LogP contribution in [-0.2, 0) is 6.42 Å². The lowest BCUT2D eigenvalue weighted by Crippen LogP contribution is -2.27. The monoisotopic (exact) mass is 292 g/mol. The topological polar surface area (TPSA) is 71.1 Å². The van der Waals surface area contributed by atoms with Gasteiger partial charge < -0.3 is 15.7 Å². The van der Waals surface area contributed by atoms with E-state index >= 15 is 0 Å². The van der Waals surface area contributed by atoms with Crippen LogP contribution in [0.1, 0.15) is 31.0 Å². The van der Waals surface area contributed by atoms with Gasteiger partial charge in [0.15, 0.2) is 0 Å². The number of halogens is 1. The van der Waals surface area contributed by atoms with Gasteiger partial charge in [-0.15, -0.1) is 0 Å². The first-order chi connectivity index (χ1) is 9.51. The second kappa shape index (κ2) is 6.20. The van der Waals surface area contributed by atoms with E-state index in [1.807, 2.05) is 6.07 Å². The third kappa shape index (κ3) is 3.26. The molecule has 0 unspecified atom stereocenters. The lowest BCUT2D eigenvalue weighted by atomic mass is 10.1. The minimum atomic E-state index is 0.471. The van der Waals surface area contributed by atoms with E-state index in [0.29, 0.717) is 12.5 Å². The lowest BCUT2D eigenvalue weighted by Gasteiger charge is -2.13. The molecule has 0 aliphatic heterocycles. The van der Waals surface area contributed by atoms with Crippen LogP contribution in [0.5, 0.6) is 0 Å². The van der Waals surface area contributed by atoms with Gasteiger partial charge in [-0.1, -0.05) is 25.4 Å². The molecule has 0 aliphatic rings. The Kier molecular flexibility index (Phi) is 4.57. The molecule has 1 aromatic heterocycles. The van der Waals surface area contributed by atoms with Crippen molar-refractivity contribution in [3.8, 4) is 0 Å². The largest absolute Gasteiger partial charge is 0.403 e. The summed E-state index contributed by atoms with van der Waals surface area (Å²) in [4.78, 5) is 3.44. The second-order valence-corrected chi connectivity index (χ2v) is 5.65. The van der Waals surface area contributed by atoms with E-state index in [0.717, 1.165) is 27.9 Å². The number of nitrogens with zero attached hydrogens (tertiary/aromatic N) is 1. The van der Waals surface area contributed by atoms with Crippen LogP contribution >= 0.6 is 11.6 Å². The number of aromatic amines is 1. The molecule has 1 aromatic carbocycles. The van der Waals surface area contributed by atoms with Crippen LogP contribution in [0.15, 0.2) is 30.6 Å². The third-order valence-electron chi connectivity index (χ3n) is 3.35. The predicted molar refractivity (Wildman–Crippen MR) is 85.3 cm³/mol. The molecule has 1 heterocycles. The van der Waals surface area contributed by atoms with Crippen molar-refractivity contribution in [2.45, 2.75) is 26.2 Å². The molecule has 0 fully saturated rings. The Morgan fingerprint density at radius 3 is 2.75 bits per heavy atom. The number of fused-ring (bicyclic) bond motifs is 1. The molecule has 0 aliphatic carbocycles. The summed E-state index contributed by atoms with van der Waals surface area (Å²) in [5.74, 6) is 6.23. The summed E-state index contributed by atoms with van der Waals surface area (Å²) >= 11 is 6.34.